The number of halogens is 1. The molecular weight excluding hydrogens is 330 g/mol. The normalized spacial score (nSPS) is 31.2. The maximum atomic E-state index is 12.7. The molecule has 1 atom stereocenters. The lowest BCUT2D eigenvalue weighted by Crippen LogP contribution is -2.65. The third-order valence-corrected chi connectivity index (χ3v) is 5.93. The van der Waals surface area contributed by atoms with Gasteiger partial charge in [0.2, 0.25) is 0 Å². The number of amides is 1. The van der Waals surface area contributed by atoms with E-state index >= 15 is 0 Å². The van der Waals surface area contributed by atoms with Crippen LogP contribution in [0.2, 0.25) is 0 Å². The molecule has 130 valence electrons. The van der Waals surface area contributed by atoms with Gasteiger partial charge in [0.05, 0.1) is 12.2 Å². The molecule has 5 heterocycles. The first-order valence-corrected chi connectivity index (χ1v) is 8.58. The lowest BCUT2D eigenvalue weighted by molar-refractivity contribution is -0.00154. The van der Waals surface area contributed by atoms with Crippen LogP contribution < -0.4 is 14.8 Å². The van der Waals surface area contributed by atoms with Crippen molar-refractivity contribution in [2.75, 3.05) is 26.3 Å². The number of fused-ring (bicyclic) bond motifs is 3. The Morgan fingerprint density at radius 2 is 1.92 bits per heavy atom. The van der Waals surface area contributed by atoms with Crippen molar-refractivity contribution < 1.29 is 14.3 Å². The number of aromatic nitrogens is 1. The summed E-state index contributed by atoms with van der Waals surface area (Å²) in [6, 6.07) is 1.97. The van der Waals surface area contributed by atoms with Gasteiger partial charge in [-0.15, -0.1) is 12.4 Å². The van der Waals surface area contributed by atoms with Crippen LogP contribution in [0.4, 0.5) is 0 Å². The zero-order valence-electron chi connectivity index (χ0n) is 13.5. The van der Waals surface area contributed by atoms with Gasteiger partial charge in [0.25, 0.3) is 5.91 Å². The van der Waals surface area contributed by atoms with Crippen LogP contribution in [0.25, 0.3) is 0 Å². The Bertz CT molecular complexity index is 656. The van der Waals surface area contributed by atoms with Crippen LogP contribution in [-0.2, 0) is 0 Å². The molecular formula is C17H22ClN3O3. The molecule has 5 aliphatic rings. The molecule has 24 heavy (non-hydrogen) atoms. The third-order valence-electron chi connectivity index (χ3n) is 5.93. The predicted octanol–water partition coefficient (Wildman–Crippen LogP) is 1.63. The first kappa shape index (κ1) is 16.0. The molecule has 4 fully saturated rings. The van der Waals surface area contributed by atoms with E-state index in [1.165, 1.54) is 38.8 Å². The third kappa shape index (κ3) is 2.35. The van der Waals surface area contributed by atoms with Gasteiger partial charge in [0.15, 0.2) is 11.5 Å². The van der Waals surface area contributed by atoms with E-state index < -0.39 is 0 Å². The summed E-state index contributed by atoms with van der Waals surface area (Å²) in [4.78, 5) is 19.6. The van der Waals surface area contributed by atoms with E-state index in [0.717, 1.165) is 0 Å². The van der Waals surface area contributed by atoms with Crippen molar-refractivity contribution in [1.29, 1.82) is 0 Å². The van der Waals surface area contributed by atoms with Gasteiger partial charge in [-0.25, -0.2) is 4.98 Å². The second-order valence-corrected chi connectivity index (χ2v) is 7.09. The summed E-state index contributed by atoms with van der Waals surface area (Å²) in [5.74, 6) is 1.76. The van der Waals surface area contributed by atoms with Crippen LogP contribution in [0.3, 0.4) is 0 Å². The van der Waals surface area contributed by atoms with Crippen LogP contribution >= 0.6 is 12.4 Å². The summed E-state index contributed by atoms with van der Waals surface area (Å²) in [7, 11) is 0. The van der Waals surface area contributed by atoms with E-state index in [2.05, 4.69) is 15.2 Å². The lowest BCUT2D eigenvalue weighted by atomic mass is 9.77. The number of rotatable bonds is 2. The average Bonchev–Trinajstić information content (AvgIpc) is 3.39. The molecule has 6 nitrogen and oxygen atoms in total. The molecule has 6 rings (SSSR count). The highest BCUT2D eigenvalue weighted by molar-refractivity contribution is 5.93. The highest BCUT2D eigenvalue weighted by Gasteiger charge is 2.60. The van der Waals surface area contributed by atoms with E-state index in [0.29, 0.717) is 36.3 Å². The predicted molar refractivity (Wildman–Crippen MR) is 90.0 cm³/mol. The first-order chi connectivity index (χ1) is 11.3. The summed E-state index contributed by atoms with van der Waals surface area (Å²) < 4.78 is 11.0. The van der Waals surface area contributed by atoms with Crippen LogP contribution in [0.15, 0.2) is 12.3 Å². The molecule has 1 aliphatic carbocycles. The quantitative estimate of drug-likeness (QED) is 0.877. The Morgan fingerprint density at radius 3 is 2.62 bits per heavy atom. The lowest BCUT2D eigenvalue weighted by Gasteiger charge is -2.52. The van der Waals surface area contributed by atoms with Crippen molar-refractivity contribution >= 4 is 18.3 Å². The van der Waals surface area contributed by atoms with Crippen molar-refractivity contribution in [3.63, 3.8) is 0 Å². The maximum Gasteiger partial charge on any atom is 0.270 e. The van der Waals surface area contributed by atoms with Gasteiger partial charge in [-0.05, 0) is 44.7 Å². The Labute approximate surface area is 147 Å². The summed E-state index contributed by atoms with van der Waals surface area (Å²) in [6.07, 6.45) is 6.40. The standard InChI is InChI=1S/C17H21N3O3.ClH/c21-16(12-9-13-14(10-18-12)23-8-7-22-13)19-15-11-1-5-20(6-2-11)17(15)3-4-17;/h9-11,15H,1-8H2,(H,19,21);1H/t15-;/m0./s1. The second-order valence-electron chi connectivity index (χ2n) is 7.09. The summed E-state index contributed by atoms with van der Waals surface area (Å²) >= 11 is 0. The Balaban J connectivity index is 0.00000146. The minimum atomic E-state index is -0.0907. The molecule has 1 amide bonds. The van der Waals surface area contributed by atoms with E-state index in [4.69, 9.17) is 9.47 Å². The SMILES string of the molecule is Cl.O=C(N[C@H]1C2CCN(CC2)C12CC2)c1cc2c(cn1)OCCO2. The maximum absolute atomic E-state index is 12.7. The molecule has 1 aromatic heterocycles. The van der Waals surface area contributed by atoms with Gasteiger partial charge in [-0.1, -0.05) is 0 Å². The highest BCUT2D eigenvalue weighted by Crippen LogP contribution is 2.53. The number of nitrogens with one attached hydrogen (secondary N) is 1. The zero-order chi connectivity index (χ0) is 15.4. The minimum Gasteiger partial charge on any atom is -0.486 e. The zero-order valence-corrected chi connectivity index (χ0v) is 14.3. The van der Waals surface area contributed by atoms with Crippen molar-refractivity contribution in [2.45, 2.75) is 37.3 Å². The number of ether oxygens (including phenoxy) is 2. The van der Waals surface area contributed by atoms with E-state index in [1.54, 1.807) is 12.3 Å². The van der Waals surface area contributed by atoms with Crippen LogP contribution in [-0.4, -0.2) is 53.7 Å². The van der Waals surface area contributed by atoms with Crippen molar-refractivity contribution in [2.24, 2.45) is 5.92 Å². The van der Waals surface area contributed by atoms with E-state index in [-0.39, 0.29) is 29.9 Å². The summed E-state index contributed by atoms with van der Waals surface area (Å²) in [5.41, 5.74) is 0.659. The van der Waals surface area contributed by atoms with Gasteiger partial charge < -0.3 is 14.8 Å². The van der Waals surface area contributed by atoms with E-state index in [1.807, 2.05) is 0 Å². The Hall–Kier alpha value is -1.53. The van der Waals surface area contributed by atoms with Crippen molar-refractivity contribution in [3.8, 4) is 11.5 Å². The van der Waals surface area contributed by atoms with Crippen molar-refractivity contribution in [3.05, 3.63) is 18.0 Å². The van der Waals surface area contributed by atoms with Gasteiger partial charge >= 0.3 is 0 Å². The molecule has 0 radical (unpaired) electrons. The number of nitrogens with zero attached hydrogens (tertiary/aromatic N) is 2. The Morgan fingerprint density at radius 1 is 1.21 bits per heavy atom. The monoisotopic (exact) mass is 351 g/mol. The van der Waals surface area contributed by atoms with Gasteiger partial charge in [-0.3, -0.25) is 9.69 Å². The molecule has 7 heteroatoms. The second kappa shape index (κ2) is 5.77. The topological polar surface area (TPSA) is 63.7 Å². The molecule has 3 saturated heterocycles. The fourth-order valence-electron chi connectivity index (χ4n) is 4.61. The highest BCUT2D eigenvalue weighted by atomic mass is 35.5. The van der Waals surface area contributed by atoms with Crippen LogP contribution in [0, 0.1) is 5.92 Å². The molecule has 1 N–H and O–H groups in total. The number of pyridine rings is 1. The average molecular weight is 352 g/mol. The molecule has 2 bridgehead atoms. The number of carbonyl (C=O) groups excluding carboxylic acids is 1. The van der Waals surface area contributed by atoms with Crippen LogP contribution in [0.5, 0.6) is 11.5 Å². The van der Waals surface area contributed by atoms with E-state index in [9.17, 15) is 4.79 Å². The smallest absolute Gasteiger partial charge is 0.270 e. The molecule has 1 aromatic rings. The number of hydrogen-bond donors (Lipinski definition) is 1. The molecule has 0 unspecified atom stereocenters. The molecule has 0 aromatic carbocycles. The number of carbonyl (C=O) groups is 1. The fraction of sp³-hybridized carbons (Fsp3) is 0.647. The molecule has 1 saturated carbocycles. The van der Waals surface area contributed by atoms with Gasteiger partial charge in [0, 0.05) is 11.6 Å². The minimum absolute atomic E-state index is 0. The van der Waals surface area contributed by atoms with Gasteiger partial charge in [-0.2, -0.15) is 0 Å². The summed E-state index contributed by atoms with van der Waals surface area (Å²) in [5, 5.41) is 3.29. The Kier molecular flexibility index (Phi) is 3.84. The number of piperidine rings is 3. The summed E-state index contributed by atoms with van der Waals surface area (Å²) in [6.45, 7) is 3.43. The van der Waals surface area contributed by atoms with Gasteiger partial charge in [0.1, 0.15) is 18.9 Å². The number of hydrogen-bond acceptors (Lipinski definition) is 5. The first-order valence-electron chi connectivity index (χ1n) is 8.58. The fourth-order valence-corrected chi connectivity index (χ4v) is 4.61. The van der Waals surface area contributed by atoms with Crippen molar-refractivity contribution in [1.82, 2.24) is 15.2 Å². The largest absolute Gasteiger partial charge is 0.486 e. The van der Waals surface area contributed by atoms with Crippen LogP contribution in [0.1, 0.15) is 36.2 Å². The molecule has 4 aliphatic heterocycles. The molecule has 1 spiro atoms.